The van der Waals surface area contributed by atoms with Gasteiger partial charge in [0, 0.05) is 37.5 Å². The summed E-state index contributed by atoms with van der Waals surface area (Å²) in [5.41, 5.74) is 2.52. The van der Waals surface area contributed by atoms with Gasteiger partial charge in [0.25, 0.3) is 0 Å². The maximum absolute atomic E-state index is 5.04. The van der Waals surface area contributed by atoms with E-state index in [1.807, 2.05) is 6.07 Å². The van der Waals surface area contributed by atoms with E-state index in [0.29, 0.717) is 0 Å². The van der Waals surface area contributed by atoms with E-state index in [1.165, 1.54) is 16.0 Å². The van der Waals surface area contributed by atoms with E-state index in [4.69, 9.17) is 4.74 Å². The minimum Gasteiger partial charge on any atom is -0.383 e. The Kier molecular flexibility index (Phi) is 5.98. The van der Waals surface area contributed by atoms with Gasteiger partial charge in [-0.15, -0.1) is 0 Å². The maximum Gasteiger partial charge on any atom is 0.192 e. The Morgan fingerprint density at radius 3 is 2.80 bits per heavy atom. The predicted octanol–water partition coefficient (Wildman–Crippen LogP) is 2.67. The van der Waals surface area contributed by atoms with Crippen LogP contribution in [0.25, 0.3) is 0 Å². The fourth-order valence-corrected chi connectivity index (χ4v) is 2.60. The van der Waals surface area contributed by atoms with Crippen LogP contribution in [0.15, 0.2) is 46.7 Å². The molecule has 0 atom stereocenters. The first-order chi connectivity index (χ1) is 9.79. The van der Waals surface area contributed by atoms with Crippen LogP contribution in [0, 0.1) is 6.92 Å². The SMILES string of the molecule is COCCNCc1cc(C)ccc1Sc1ncccn1. The van der Waals surface area contributed by atoms with E-state index < -0.39 is 0 Å². The van der Waals surface area contributed by atoms with Crippen molar-refractivity contribution in [2.24, 2.45) is 0 Å². The zero-order chi connectivity index (χ0) is 14.2. The number of rotatable bonds is 7. The van der Waals surface area contributed by atoms with Gasteiger partial charge in [0.05, 0.1) is 6.61 Å². The van der Waals surface area contributed by atoms with Crippen molar-refractivity contribution in [3.05, 3.63) is 47.8 Å². The lowest BCUT2D eigenvalue weighted by atomic mass is 10.1. The molecule has 0 bridgehead atoms. The molecule has 0 amide bonds. The Hall–Kier alpha value is -1.43. The molecule has 4 nitrogen and oxygen atoms in total. The Balaban J connectivity index is 2.07. The molecule has 0 unspecified atom stereocenters. The van der Waals surface area contributed by atoms with Crippen molar-refractivity contribution in [1.82, 2.24) is 15.3 Å². The summed E-state index contributed by atoms with van der Waals surface area (Å²) in [7, 11) is 1.71. The monoisotopic (exact) mass is 289 g/mol. The van der Waals surface area contributed by atoms with Gasteiger partial charge in [-0.3, -0.25) is 0 Å². The minimum atomic E-state index is 0.718. The zero-order valence-electron chi connectivity index (χ0n) is 11.8. The summed E-state index contributed by atoms with van der Waals surface area (Å²) in [6, 6.07) is 8.27. The van der Waals surface area contributed by atoms with Crippen molar-refractivity contribution in [2.45, 2.75) is 23.5 Å². The van der Waals surface area contributed by atoms with Crippen molar-refractivity contribution >= 4 is 11.8 Å². The van der Waals surface area contributed by atoms with Crippen LogP contribution < -0.4 is 5.32 Å². The molecule has 1 aromatic carbocycles. The molecule has 5 heteroatoms. The molecule has 0 saturated heterocycles. The van der Waals surface area contributed by atoms with Crippen LogP contribution in [0.3, 0.4) is 0 Å². The lowest BCUT2D eigenvalue weighted by Gasteiger charge is -2.10. The smallest absolute Gasteiger partial charge is 0.192 e. The Labute approximate surface area is 124 Å². The summed E-state index contributed by atoms with van der Waals surface area (Å²) in [6.45, 7) is 4.48. The van der Waals surface area contributed by atoms with Crippen molar-refractivity contribution in [3.8, 4) is 0 Å². The number of aromatic nitrogens is 2. The highest BCUT2D eigenvalue weighted by atomic mass is 32.2. The van der Waals surface area contributed by atoms with E-state index in [1.54, 1.807) is 31.3 Å². The second-order valence-corrected chi connectivity index (χ2v) is 5.42. The molecule has 0 radical (unpaired) electrons. The van der Waals surface area contributed by atoms with Gasteiger partial charge in [-0.05, 0) is 36.4 Å². The van der Waals surface area contributed by atoms with Crippen LogP contribution in [0.2, 0.25) is 0 Å². The summed E-state index contributed by atoms with van der Waals surface area (Å²) < 4.78 is 5.04. The van der Waals surface area contributed by atoms with Gasteiger partial charge in [-0.1, -0.05) is 17.7 Å². The molecule has 0 aliphatic rings. The topological polar surface area (TPSA) is 47.0 Å². The summed E-state index contributed by atoms with van der Waals surface area (Å²) in [5, 5.41) is 4.15. The third-order valence-corrected chi connectivity index (χ3v) is 3.77. The number of ether oxygens (including phenoxy) is 1. The third kappa shape index (κ3) is 4.59. The van der Waals surface area contributed by atoms with Crippen LogP contribution in [0.1, 0.15) is 11.1 Å². The van der Waals surface area contributed by atoms with Crippen LogP contribution in [-0.2, 0) is 11.3 Å². The van der Waals surface area contributed by atoms with Gasteiger partial charge >= 0.3 is 0 Å². The van der Waals surface area contributed by atoms with Crippen molar-refractivity contribution in [1.29, 1.82) is 0 Å². The summed E-state index contributed by atoms with van der Waals surface area (Å²) in [4.78, 5) is 9.70. The van der Waals surface area contributed by atoms with Gasteiger partial charge in [-0.25, -0.2) is 9.97 Å². The molecule has 20 heavy (non-hydrogen) atoms. The van der Waals surface area contributed by atoms with Crippen molar-refractivity contribution in [2.75, 3.05) is 20.3 Å². The second kappa shape index (κ2) is 7.99. The van der Waals surface area contributed by atoms with Crippen LogP contribution in [0.5, 0.6) is 0 Å². The molecule has 0 spiro atoms. The van der Waals surface area contributed by atoms with Gasteiger partial charge < -0.3 is 10.1 Å². The molecule has 0 aliphatic heterocycles. The highest BCUT2D eigenvalue weighted by Crippen LogP contribution is 2.28. The molecule has 2 aromatic rings. The second-order valence-electron chi connectivity index (χ2n) is 4.41. The third-order valence-electron chi connectivity index (χ3n) is 2.76. The minimum absolute atomic E-state index is 0.718. The largest absolute Gasteiger partial charge is 0.383 e. The summed E-state index contributed by atoms with van der Waals surface area (Å²) >= 11 is 1.59. The number of aryl methyl sites for hydroxylation is 1. The predicted molar refractivity (Wildman–Crippen MR) is 80.9 cm³/mol. The highest BCUT2D eigenvalue weighted by Gasteiger charge is 2.06. The molecule has 2 rings (SSSR count). The van der Waals surface area contributed by atoms with Gasteiger partial charge in [0.2, 0.25) is 0 Å². The molecular weight excluding hydrogens is 270 g/mol. The number of methoxy groups -OCH3 is 1. The first-order valence-electron chi connectivity index (χ1n) is 6.53. The molecule has 1 heterocycles. The standard InChI is InChI=1S/C15H19N3OS/c1-12-4-5-14(20-15-17-6-3-7-18-15)13(10-12)11-16-8-9-19-2/h3-7,10,16H,8-9,11H2,1-2H3. The van der Waals surface area contributed by atoms with E-state index >= 15 is 0 Å². The molecule has 0 fully saturated rings. The molecular formula is C15H19N3OS. The number of benzene rings is 1. The average molecular weight is 289 g/mol. The van der Waals surface area contributed by atoms with Crippen LogP contribution in [0.4, 0.5) is 0 Å². The van der Waals surface area contributed by atoms with Crippen LogP contribution >= 0.6 is 11.8 Å². The van der Waals surface area contributed by atoms with E-state index in [0.717, 1.165) is 24.9 Å². The normalized spacial score (nSPS) is 10.7. The van der Waals surface area contributed by atoms with Crippen molar-refractivity contribution < 1.29 is 4.74 Å². The zero-order valence-corrected chi connectivity index (χ0v) is 12.6. The highest BCUT2D eigenvalue weighted by molar-refractivity contribution is 7.99. The lowest BCUT2D eigenvalue weighted by Crippen LogP contribution is -2.19. The summed E-state index contributed by atoms with van der Waals surface area (Å²) in [6.07, 6.45) is 3.53. The number of hydrogen-bond donors (Lipinski definition) is 1. The molecule has 0 saturated carbocycles. The first kappa shape index (κ1) is 15.0. The van der Waals surface area contributed by atoms with Crippen molar-refractivity contribution in [3.63, 3.8) is 0 Å². The summed E-state index contributed by atoms with van der Waals surface area (Å²) in [5.74, 6) is 0. The first-order valence-corrected chi connectivity index (χ1v) is 7.35. The van der Waals surface area contributed by atoms with Gasteiger partial charge in [0.1, 0.15) is 0 Å². The van der Waals surface area contributed by atoms with E-state index in [2.05, 4.69) is 40.4 Å². The fourth-order valence-electron chi connectivity index (χ4n) is 1.78. The Morgan fingerprint density at radius 1 is 1.25 bits per heavy atom. The molecule has 0 aliphatic carbocycles. The lowest BCUT2D eigenvalue weighted by molar-refractivity contribution is 0.199. The Morgan fingerprint density at radius 2 is 2.05 bits per heavy atom. The van der Waals surface area contributed by atoms with Gasteiger partial charge in [-0.2, -0.15) is 0 Å². The number of nitrogens with one attached hydrogen (secondary N) is 1. The number of nitrogens with zero attached hydrogens (tertiary/aromatic N) is 2. The van der Waals surface area contributed by atoms with Gasteiger partial charge in [0.15, 0.2) is 5.16 Å². The average Bonchev–Trinajstić information content (AvgIpc) is 2.47. The molecule has 106 valence electrons. The molecule has 1 N–H and O–H groups in total. The van der Waals surface area contributed by atoms with Crippen LogP contribution in [-0.4, -0.2) is 30.2 Å². The Bertz CT molecular complexity index is 534. The molecule has 1 aromatic heterocycles. The van der Waals surface area contributed by atoms with E-state index in [-0.39, 0.29) is 0 Å². The fraction of sp³-hybridized carbons (Fsp3) is 0.333. The number of hydrogen-bond acceptors (Lipinski definition) is 5. The maximum atomic E-state index is 5.04. The quantitative estimate of drug-likeness (QED) is 0.627. The van der Waals surface area contributed by atoms with E-state index in [9.17, 15) is 0 Å².